The Balaban J connectivity index is 1.38. The first-order valence-corrected chi connectivity index (χ1v) is 10.3. The monoisotopic (exact) mass is 400 g/mol. The van der Waals surface area contributed by atoms with Crippen LogP contribution in [-0.2, 0) is 21.5 Å². The van der Waals surface area contributed by atoms with Crippen LogP contribution in [0, 0.1) is 0 Å². The van der Waals surface area contributed by atoms with Crippen LogP contribution in [0.4, 0.5) is 0 Å². The predicted octanol–water partition coefficient (Wildman–Crippen LogP) is 1.17. The van der Waals surface area contributed by atoms with Crippen molar-refractivity contribution in [3.63, 3.8) is 0 Å². The molecule has 1 aromatic carbocycles. The lowest BCUT2D eigenvalue weighted by molar-refractivity contribution is 0.0575. The number of benzene rings is 1. The van der Waals surface area contributed by atoms with Gasteiger partial charge in [0.25, 0.3) is 10.2 Å². The van der Waals surface area contributed by atoms with Crippen LogP contribution in [0.15, 0.2) is 22.7 Å². The van der Waals surface area contributed by atoms with Crippen LogP contribution in [0.1, 0.15) is 5.69 Å². The van der Waals surface area contributed by atoms with E-state index < -0.39 is 10.2 Å². The number of likely N-dealkylation sites (N-methyl/N-ethyl adjacent to an activating group) is 1. The number of hydrogen-bond acceptors (Lipinski definition) is 6. The number of halogens is 1. The highest BCUT2D eigenvalue weighted by atomic mass is 35.5. The second kappa shape index (κ2) is 7.06. The minimum atomic E-state index is -3.44. The normalized spacial score (nSPS) is 20.7. The van der Waals surface area contributed by atoms with Gasteiger partial charge in [0.15, 0.2) is 5.58 Å². The predicted molar refractivity (Wildman–Crippen MR) is 97.2 cm³/mol. The molecule has 26 heavy (non-hydrogen) atoms. The fourth-order valence-electron chi connectivity index (χ4n) is 3.34. The number of aromatic nitrogens is 1. The number of likely N-dealkylation sites (tertiary alicyclic amines) is 1. The molecule has 2 aromatic rings. The molecule has 2 aliphatic rings. The standard InChI is InChI=1S/C16H21ClN4O4S/c1-19(26(22,23)21-4-6-24-7-5-21)13-9-20(10-13)11-15-14-8-12(17)2-3-16(14)25-18-15/h2-3,8,13H,4-7,9-11H2,1H3. The van der Waals surface area contributed by atoms with Crippen molar-refractivity contribution in [2.75, 3.05) is 46.4 Å². The molecule has 3 heterocycles. The van der Waals surface area contributed by atoms with Gasteiger partial charge < -0.3 is 9.26 Å². The summed E-state index contributed by atoms with van der Waals surface area (Å²) in [5.74, 6) is 0. The first-order valence-electron chi connectivity index (χ1n) is 8.52. The highest BCUT2D eigenvalue weighted by molar-refractivity contribution is 7.86. The van der Waals surface area contributed by atoms with Gasteiger partial charge in [-0.3, -0.25) is 4.90 Å². The van der Waals surface area contributed by atoms with Crippen LogP contribution < -0.4 is 0 Å². The lowest BCUT2D eigenvalue weighted by atomic mass is 10.1. The van der Waals surface area contributed by atoms with E-state index in [0.29, 0.717) is 56.5 Å². The summed E-state index contributed by atoms with van der Waals surface area (Å²) in [5.41, 5.74) is 1.52. The lowest BCUT2D eigenvalue weighted by Crippen LogP contribution is -2.61. The Hall–Kier alpha value is -1.23. The van der Waals surface area contributed by atoms with Gasteiger partial charge in [-0.15, -0.1) is 0 Å². The van der Waals surface area contributed by atoms with Gasteiger partial charge in [0.1, 0.15) is 5.69 Å². The van der Waals surface area contributed by atoms with Gasteiger partial charge in [-0.05, 0) is 18.2 Å². The van der Waals surface area contributed by atoms with Crippen LogP contribution in [0.3, 0.4) is 0 Å². The molecule has 10 heteroatoms. The largest absolute Gasteiger partial charge is 0.379 e. The van der Waals surface area contributed by atoms with Gasteiger partial charge in [-0.25, -0.2) is 0 Å². The fourth-order valence-corrected chi connectivity index (χ4v) is 4.99. The van der Waals surface area contributed by atoms with E-state index >= 15 is 0 Å². The van der Waals surface area contributed by atoms with Crippen LogP contribution in [0.25, 0.3) is 11.0 Å². The zero-order valence-electron chi connectivity index (χ0n) is 14.5. The van der Waals surface area contributed by atoms with Crippen molar-refractivity contribution >= 4 is 32.8 Å². The summed E-state index contributed by atoms with van der Waals surface area (Å²) in [5, 5.41) is 5.66. The Morgan fingerprint density at radius 2 is 2.04 bits per heavy atom. The van der Waals surface area contributed by atoms with Crippen LogP contribution >= 0.6 is 11.6 Å². The van der Waals surface area contributed by atoms with E-state index in [1.165, 1.54) is 8.61 Å². The maximum atomic E-state index is 12.7. The molecule has 8 nitrogen and oxygen atoms in total. The van der Waals surface area contributed by atoms with E-state index in [1.54, 1.807) is 19.2 Å². The smallest absolute Gasteiger partial charge is 0.282 e. The highest BCUT2D eigenvalue weighted by Crippen LogP contribution is 2.26. The van der Waals surface area contributed by atoms with E-state index in [1.807, 2.05) is 6.07 Å². The Labute approximate surface area is 157 Å². The minimum Gasteiger partial charge on any atom is -0.379 e. The maximum absolute atomic E-state index is 12.7. The van der Waals surface area contributed by atoms with Gasteiger partial charge in [0.05, 0.1) is 19.3 Å². The third kappa shape index (κ3) is 3.35. The number of fused-ring (bicyclic) bond motifs is 1. The van der Waals surface area contributed by atoms with Crippen LogP contribution in [0.2, 0.25) is 5.02 Å². The Morgan fingerprint density at radius 1 is 1.31 bits per heavy atom. The van der Waals surface area contributed by atoms with Crippen molar-refractivity contribution < 1.29 is 17.7 Å². The molecule has 0 radical (unpaired) electrons. The lowest BCUT2D eigenvalue weighted by Gasteiger charge is -2.44. The molecule has 0 bridgehead atoms. The van der Waals surface area contributed by atoms with E-state index in [0.717, 1.165) is 11.1 Å². The number of hydrogen-bond donors (Lipinski definition) is 0. The quantitative estimate of drug-likeness (QED) is 0.749. The molecule has 0 atom stereocenters. The van der Waals surface area contributed by atoms with Gasteiger partial charge in [-0.2, -0.15) is 17.0 Å². The number of nitrogens with zero attached hydrogens (tertiary/aromatic N) is 4. The Morgan fingerprint density at radius 3 is 2.77 bits per heavy atom. The van der Waals surface area contributed by atoms with E-state index in [-0.39, 0.29) is 6.04 Å². The highest BCUT2D eigenvalue weighted by Gasteiger charge is 2.39. The van der Waals surface area contributed by atoms with Crippen molar-refractivity contribution in [2.24, 2.45) is 0 Å². The molecule has 2 fully saturated rings. The molecule has 0 spiro atoms. The summed E-state index contributed by atoms with van der Waals surface area (Å²) in [6, 6.07) is 5.37. The fraction of sp³-hybridized carbons (Fsp3) is 0.562. The summed E-state index contributed by atoms with van der Waals surface area (Å²) in [7, 11) is -1.79. The molecule has 0 saturated carbocycles. The van der Waals surface area contributed by atoms with Gasteiger partial charge in [-0.1, -0.05) is 16.8 Å². The molecule has 142 valence electrons. The summed E-state index contributed by atoms with van der Waals surface area (Å²) in [4.78, 5) is 2.15. The van der Waals surface area contributed by atoms with Crippen LogP contribution in [-0.4, -0.2) is 79.6 Å². The summed E-state index contributed by atoms with van der Waals surface area (Å²) < 4.78 is 38.9. The molecule has 0 unspecified atom stereocenters. The number of rotatable bonds is 5. The zero-order chi connectivity index (χ0) is 18.3. The Bertz CT molecular complexity index is 891. The molecule has 0 amide bonds. The maximum Gasteiger partial charge on any atom is 0.282 e. The van der Waals surface area contributed by atoms with Crippen molar-refractivity contribution in [3.8, 4) is 0 Å². The second-order valence-corrected chi connectivity index (χ2v) is 9.08. The molecule has 4 rings (SSSR count). The minimum absolute atomic E-state index is 0.0374. The molecular formula is C16H21ClN4O4S. The first-order chi connectivity index (χ1) is 12.4. The molecule has 0 aliphatic carbocycles. The average Bonchev–Trinajstić information content (AvgIpc) is 3.00. The third-order valence-electron chi connectivity index (χ3n) is 4.99. The van der Waals surface area contributed by atoms with Crippen molar-refractivity contribution in [1.82, 2.24) is 18.7 Å². The SMILES string of the molecule is CN(C1CN(Cc2noc3ccc(Cl)cc23)C1)S(=O)(=O)N1CCOCC1. The Kier molecular flexibility index (Phi) is 4.93. The molecule has 0 N–H and O–H groups in total. The number of morpholine rings is 1. The van der Waals surface area contributed by atoms with Gasteiger partial charge >= 0.3 is 0 Å². The summed E-state index contributed by atoms with van der Waals surface area (Å²) >= 11 is 6.05. The van der Waals surface area contributed by atoms with E-state index in [9.17, 15) is 8.42 Å². The summed E-state index contributed by atoms with van der Waals surface area (Å²) in [6.45, 7) is 3.65. The van der Waals surface area contributed by atoms with E-state index in [4.69, 9.17) is 20.9 Å². The van der Waals surface area contributed by atoms with Crippen molar-refractivity contribution in [3.05, 3.63) is 28.9 Å². The number of ether oxygens (including phenoxy) is 1. The molecular weight excluding hydrogens is 380 g/mol. The average molecular weight is 401 g/mol. The second-order valence-electron chi connectivity index (χ2n) is 6.65. The zero-order valence-corrected chi connectivity index (χ0v) is 16.0. The molecule has 2 saturated heterocycles. The molecule has 1 aromatic heterocycles. The van der Waals surface area contributed by atoms with Gasteiger partial charge in [0, 0.05) is 50.2 Å². The van der Waals surface area contributed by atoms with Gasteiger partial charge in [0.2, 0.25) is 0 Å². The summed E-state index contributed by atoms with van der Waals surface area (Å²) in [6.07, 6.45) is 0. The topological polar surface area (TPSA) is 79.1 Å². The third-order valence-corrected chi connectivity index (χ3v) is 7.27. The molecule has 2 aliphatic heterocycles. The van der Waals surface area contributed by atoms with Crippen molar-refractivity contribution in [1.29, 1.82) is 0 Å². The van der Waals surface area contributed by atoms with Crippen LogP contribution in [0.5, 0.6) is 0 Å². The first kappa shape index (κ1) is 18.1. The van der Waals surface area contributed by atoms with E-state index in [2.05, 4.69) is 10.1 Å². The van der Waals surface area contributed by atoms with Crippen molar-refractivity contribution in [2.45, 2.75) is 12.6 Å².